The van der Waals surface area contributed by atoms with Gasteiger partial charge in [0.25, 0.3) is 0 Å². The Hall–Kier alpha value is -1.13. The predicted molar refractivity (Wildman–Crippen MR) is 85.0 cm³/mol. The zero-order chi connectivity index (χ0) is 14.5. The minimum absolute atomic E-state index is 0.0567. The molecule has 0 aliphatic carbocycles. The standard InChI is InChI=1S/C16H28N4/c1-4-13-12-19(3)9-6-10-20(13)14-7-8-16(18-11-14)15(17)5-2/h7-8,11,13,15H,4-6,9-10,12,17H2,1-3H3/t13?,15-/m0/s1. The first-order chi connectivity index (χ1) is 9.65. The summed E-state index contributed by atoms with van der Waals surface area (Å²) in [7, 11) is 2.22. The van der Waals surface area contributed by atoms with E-state index in [0.29, 0.717) is 6.04 Å². The molecular formula is C16H28N4. The summed E-state index contributed by atoms with van der Waals surface area (Å²) in [6.07, 6.45) is 5.31. The van der Waals surface area contributed by atoms with Crippen molar-refractivity contribution in [3.8, 4) is 0 Å². The molecule has 0 aromatic carbocycles. The Labute approximate surface area is 123 Å². The molecule has 1 aliphatic heterocycles. The molecule has 112 valence electrons. The maximum Gasteiger partial charge on any atom is 0.0572 e. The van der Waals surface area contributed by atoms with Gasteiger partial charge >= 0.3 is 0 Å². The van der Waals surface area contributed by atoms with Crippen molar-refractivity contribution in [2.24, 2.45) is 5.73 Å². The third-order valence-electron chi connectivity index (χ3n) is 4.30. The van der Waals surface area contributed by atoms with Gasteiger partial charge in [-0.3, -0.25) is 4.98 Å². The van der Waals surface area contributed by atoms with E-state index >= 15 is 0 Å². The van der Waals surface area contributed by atoms with Crippen LogP contribution in [0.1, 0.15) is 44.8 Å². The first-order valence-corrected chi connectivity index (χ1v) is 7.82. The van der Waals surface area contributed by atoms with Crippen molar-refractivity contribution in [1.82, 2.24) is 9.88 Å². The predicted octanol–water partition coefficient (Wildman–Crippen LogP) is 2.41. The van der Waals surface area contributed by atoms with Gasteiger partial charge in [-0.25, -0.2) is 0 Å². The normalized spacial score (nSPS) is 22.6. The van der Waals surface area contributed by atoms with Crippen LogP contribution in [0, 0.1) is 0 Å². The van der Waals surface area contributed by atoms with Gasteiger partial charge in [0.2, 0.25) is 0 Å². The number of rotatable bonds is 4. The fourth-order valence-corrected chi connectivity index (χ4v) is 2.93. The summed E-state index contributed by atoms with van der Waals surface area (Å²) < 4.78 is 0. The topological polar surface area (TPSA) is 45.4 Å². The van der Waals surface area contributed by atoms with Crippen molar-refractivity contribution in [2.45, 2.75) is 45.2 Å². The second-order valence-electron chi connectivity index (χ2n) is 5.83. The van der Waals surface area contributed by atoms with E-state index in [0.717, 1.165) is 25.2 Å². The highest BCUT2D eigenvalue weighted by molar-refractivity contribution is 5.46. The molecule has 0 spiro atoms. The number of anilines is 1. The molecule has 2 N–H and O–H groups in total. The second-order valence-corrected chi connectivity index (χ2v) is 5.83. The smallest absolute Gasteiger partial charge is 0.0572 e. The van der Waals surface area contributed by atoms with Gasteiger partial charge in [0.1, 0.15) is 0 Å². The summed E-state index contributed by atoms with van der Waals surface area (Å²) in [4.78, 5) is 9.51. The zero-order valence-corrected chi connectivity index (χ0v) is 13.0. The van der Waals surface area contributed by atoms with E-state index in [1.54, 1.807) is 0 Å². The molecular weight excluding hydrogens is 248 g/mol. The average Bonchev–Trinajstić information content (AvgIpc) is 2.67. The largest absolute Gasteiger partial charge is 0.366 e. The Kier molecular flexibility index (Phi) is 5.38. The highest BCUT2D eigenvalue weighted by Crippen LogP contribution is 2.22. The molecule has 20 heavy (non-hydrogen) atoms. The Balaban J connectivity index is 2.16. The molecule has 0 bridgehead atoms. The van der Waals surface area contributed by atoms with Gasteiger partial charge in [0, 0.05) is 25.2 Å². The van der Waals surface area contributed by atoms with Crippen LogP contribution >= 0.6 is 0 Å². The molecule has 1 aliphatic rings. The van der Waals surface area contributed by atoms with Crippen LogP contribution in [-0.2, 0) is 0 Å². The molecule has 2 rings (SSSR count). The molecule has 0 amide bonds. The summed E-state index contributed by atoms with van der Waals surface area (Å²) in [5.41, 5.74) is 8.27. The van der Waals surface area contributed by atoms with Gasteiger partial charge < -0.3 is 15.5 Å². The van der Waals surface area contributed by atoms with Crippen LogP contribution in [-0.4, -0.2) is 42.6 Å². The highest BCUT2D eigenvalue weighted by Gasteiger charge is 2.22. The van der Waals surface area contributed by atoms with Crippen LogP contribution in [0.3, 0.4) is 0 Å². The van der Waals surface area contributed by atoms with Crippen molar-refractivity contribution in [2.75, 3.05) is 31.6 Å². The summed E-state index contributed by atoms with van der Waals surface area (Å²) in [6.45, 7) is 7.79. The molecule has 1 aromatic rings. The van der Waals surface area contributed by atoms with E-state index < -0.39 is 0 Å². The lowest BCUT2D eigenvalue weighted by atomic mass is 10.1. The van der Waals surface area contributed by atoms with Crippen LogP contribution in [0.15, 0.2) is 18.3 Å². The number of hydrogen-bond acceptors (Lipinski definition) is 4. The van der Waals surface area contributed by atoms with Crippen LogP contribution in [0.4, 0.5) is 5.69 Å². The molecule has 4 heteroatoms. The van der Waals surface area contributed by atoms with E-state index in [4.69, 9.17) is 5.73 Å². The third-order valence-corrected chi connectivity index (χ3v) is 4.30. The van der Waals surface area contributed by atoms with Gasteiger partial charge in [-0.15, -0.1) is 0 Å². The van der Waals surface area contributed by atoms with E-state index in [1.165, 1.54) is 25.1 Å². The van der Waals surface area contributed by atoms with E-state index in [2.05, 4.69) is 47.8 Å². The van der Waals surface area contributed by atoms with Crippen LogP contribution in [0.5, 0.6) is 0 Å². The van der Waals surface area contributed by atoms with Crippen LogP contribution in [0.2, 0.25) is 0 Å². The van der Waals surface area contributed by atoms with Crippen LogP contribution in [0.25, 0.3) is 0 Å². The molecule has 1 unspecified atom stereocenters. The lowest BCUT2D eigenvalue weighted by Crippen LogP contribution is -2.39. The average molecular weight is 276 g/mol. The summed E-state index contributed by atoms with van der Waals surface area (Å²) in [5, 5.41) is 0. The Morgan fingerprint density at radius 1 is 1.35 bits per heavy atom. The number of hydrogen-bond donors (Lipinski definition) is 1. The van der Waals surface area contributed by atoms with Crippen molar-refractivity contribution >= 4 is 5.69 Å². The lowest BCUT2D eigenvalue weighted by Gasteiger charge is -2.32. The van der Waals surface area contributed by atoms with Crippen LogP contribution < -0.4 is 10.6 Å². The van der Waals surface area contributed by atoms with E-state index in [1.807, 2.05) is 6.20 Å². The molecule has 1 fully saturated rings. The quantitative estimate of drug-likeness (QED) is 0.917. The Morgan fingerprint density at radius 2 is 2.15 bits per heavy atom. The fraction of sp³-hybridized carbons (Fsp3) is 0.688. The van der Waals surface area contributed by atoms with Crippen molar-refractivity contribution in [3.63, 3.8) is 0 Å². The summed E-state index contributed by atoms with van der Waals surface area (Å²) in [5.74, 6) is 0. The van der Waals surface area contributed by atoms with Gasteiger partial charge in [0.05, 0.1) is 17.6 Å². The lowest BCUT2D eigenvalue weighted by molar-refractivity contribution is 0.328. The van der Waals surface area contributed by atoms with Gasteiger partial charge in [-0.1, -0.05) is 13.8 Å². The molecule has 1 aromatic heterocycles. The number of nitrogens with two attached hydrogens (primary N) is 1. The fourth-order valence-electron chi connectivity index (χ4n) is 2.93. The van der Waals surface area contributed by atoms with E-state index in [9.17, 15) is 0 Å². The molecule has 0 radical (unpaired) electrons. The maximum absolute atomic E-state index is 6.04. The Morgan fingerprint density at radius 3 is 2.75 bits per heavy atom. The summed E-state index contributed by atoms with van der Waals surface area (Å²) >= 11 is 0. The zero-order valence-electron chi connectivity index (χ0n) is 13.0. The second kappa shape index (κ2) is 7.04. The Bertz CT molecular complexity index is 403. The molecule has 4 nitrogen and oxygen atoms in total. The van der Waals surface area contributed by atoms with Crippen molar-refractivity contribution in [1.29, 1.82) is 0 Å². The number of aromatic nitrogens is 1. The highest BCUT2D eigenvalue weighted by atomic mass is 15.2. The minimum atomic E-state index is 0.0567. The minimum Gasteiger partial charge on any atom is -0.366 e. The number of nitrogens with zero attached hydrogens (tertiary/aromatic N) is 3. The van der Waals surface area contributed by atoms with Crippen molar-refractivity contribution in [3.05, 3.63) is 24.0 Å². The van der Waals surface area contributed by atoms with Gasteiger partial charge in [-0.05, 0) is 45.0 Å². The molecule has 0 saturated carbocycles. The van der Waals surface area contributed by atoms with E-state index in [-0.39, 0.29) is 6.04 Å². The summed E-state index contributed by atoms with van der Waals surface area (Å²) in [6, 6.07) is 4.91. The third kappa shape index (κ3) is 3.49. The maximum atomic E-state index is 6.04. The molecule has 2 heterocycles. The van der Waals surface area contributed by atoms with Gasteiger partial charge in [-0.2, -0.15) is 0 Å². The first-order valence-electron chi connectivity index (χ1n) is 7.82. The number of pyridine rings is 1. The van der Waals surface area contributed by atoms with Crippen molar-refractivity contribution < 1.29 is 0 Å². The molecule has 2 atom stereocenters. The number of likely N-dealkylation sites (N-methyl/N-ethyl adjacent to an activating group) is 1. The SMILES string of the molecule is CCC1CN(C)CCCN1c1ccc([C@@H](N)CC)nc1. The first kappa shape index (κ1) is 15.3. The monoisotopic (exact) mass is 276 g/mol. The van der Waals surface area contributed by atoms with Gasteiger partial charge in [0.15, 0.2) is 0 Å². The molecule has 1 saturated heterocycles.